The SMILES string of the molecule is CCNC(c1ccc2c(c1)oc(=O)n2C)C(C)C1CC1. The predicted molar refractivity (Wildman–Crippen MR) is 79.8 cm³/mol. The van der Waals surface area contributed by atoms with Gasteiger partial charge in [-0.3, -0.25) is 4.57 Å². The highest BCUT2D eigenvalue weighted by atomic mass is 16.4. The first-order chi connectivity index (χ1) is 9.61. The highest BCUT2D eigenvalue weighted by molar-refractivity contribution is 5.73. The van der Waals surface area contributed by atoms with E-state index in [2.05, 4.69) is 25.2 Å². The van der Waals surface area contributed by atoms with Gasteiger partial charge in [0.1, 0.15) is 0 Å². The van der Waals surface area contributed by atoms with Crippen LogP contribution in [0.25, 0.3) is 11.1 Å². The minimum atomic E-state index is -0.299. The number of fused-ring (bicyclic) bond motifs is 1. The minimum absolute atomic E-state index is 0.299. The lowest BCUT2D eigenvalue weighted by molar-refractivity contribution is 0.355. The number of hydrogen-bond acceptors (Lipinski definition) is 3. The second kappa shape index (κ2) is 5.09. The number of aryl methyl sites for hydroxylation is 1. The summed E-state index contributed by atoms with van der Waals surface area (Å²) in [6, 6.07) is 6.45. The zero-order valence-electron chi connectivity index (χ0n) is 12.3. The first kappa shape index (κ1) is 13.4. The van der Waals surface area contributed by atoms with E-state index in [0.29, 0.717) is 17.5 Å². The van der Waals surface area contributed by atoms with Crippen LogP contribution in [0.4, 0.5) is 0 Å². The Hall–Kier alpha value is -1.55. The molecule has 2 atom stereocenters. The van der Waals surface area contributed by atoms with E-state index < -0.39 is 0 Å². The van der Waals surface area contributed by atoms with E-state index in [4.69, 9.17) is 4.42 Å². The molecule has 0 aliphatic heterocycles. The molecule has 1 fully saturated rings. The molecule has 4 heteroatoms. The summed E-state index contributed by atoms with van der Waals surface area (Å²) in [5, 5.41) is 3.58. The van der Waals surface area contributed by atoms with Crippen LogP contribution in [0.3, 0.4) is 0 Å². The second-order valence-corrected chi connectivity index (χ2v) is 5.89. The third-order valence-corrected chi connectivity index (χ3v) is 4.49. The number of hydrogen-bond donors (Lipinski definition) is 1. The Morgan fingerprint density at radius 1 is 1.45 bits per heavy atom. The quantitative estimate of drug-likeness (QED) is 0.912. The fraction of sp³-hybridized carbons (Fsp3) is 0.562. The van der Waals surface area contributed by atoms with Crippen molar-refractivity contribution in [3.63, 3.8) is 0 Å². The summed E-state index contributed by atoms with van der Waals surface area (Å²) in [6.45, 7) is 5.39. The summed E-state index contributed by atoms with van der Waals surface area (Å²) in [7, 11) is 1.74. The van der Waals surface area contributed by atoms with Crippen LogP contribution in [0, 0.1) is 11.8 Å². The van der Waals surface area contributed by atoms with E-state index in [0.717, 1.165) is 18.0 Å². The van der Waals surface area contributed by atoms with Crippen molar-refractivity contribution >= 4 is 11.1 Å². The summed E-state index contributed by atoms with van der Waals surface area (Å²) in [5.41, 5.74) is 2.75. The van der Waals surface area contributed by atoms with Gasteiger partial charge in [-0.05, 0) is 48.9 Å². The van der Waals surface area contributed by atoms with Crippen molar-refractivity contribution in [1.82, 2.24) is 9.88 Å². The van der Waals surface area contributed by atoms with Crippen LogP contribution in [0.2, 0.25) is 0 Å². The van der Waals surface area contributed by atoms with Crippen LogP contribution in [-0.2, 0) is 7.05 Å². The Balaban J connectivity index is 1.99. The van der Waals surface area contributed by atoms with Gasteiger partial charge in [-0.2, -0.15) is 0 Å². The molecular formula is C16H22N2O2. The highest BCUT2D eigenvalue weighted by Crippen LogP contribution is 2.42. The van der Waals surface area contributed by atoms with Gasteiger partial charge in [-0.15, -0.1) is 0 Å². The van der Waals surface area contributed by atoms with Crippen molar-refractivity contribution < 1.29 is 4.42 Å². The standard InChI is InChI=1S/C16H22N2O2/c1-4-17-15(10(2)11-5-6-11)12-7-8-13-14(9-12)20-16(19)18(13)3/h7-11,15,17H,4-6H2,1-3H3. The average Bonchev–Trinajstić information content (AvgIpc) is 3.24. The second-order valence-electron chi connectivity index (χ2n) is 5.89. The van der Waals surface area contributed by atoms with E-state index in [-0.39, 0.29) is 5.76 Å². The molecule has 20 heavy (non-hydrogen) atoms. The van der Waals surface area contributed by atoms with Crippen LogP contribution in [0.1, 0.15) is 38.3 Å². The van der Waals surface area contributed by atoms with Gasteiger partial charge in [0, 0.05) is 13.1 Å². The monoisotopic (exact) mass is 274 g/mol. The summed E-state index contributed by atoms with van der Waals surface area (Å²) in [4.78, 5) is 11.6. The molecule has 108 valence electrons. The molecule has 3 rings (SSSR count). The minimum Gasteiger partial charge on any atom is -0.408 e. The number of nitrogens with one attached hydrogen (secondary N) is 1. The van der Waals surface area contributed by atoms with Crippen LogP contribution in [-0.4, -0.2) is 11.1 Å². The molecule has 1 N–H and O–H groups in total. The van der Waals surface area contributed by atoms with E-state index in [9.17, 15) is 4.79 Å². The highest BCUT2D eigenvalue weighted by Gasteiger charge is 2.33. The van der Waals surface area contributed by atoms with Crippen molar-refractivity contribution in [1.29, 1.82) is 0 Å². The van der Waals surface area contributed by atoms with Crippen LogP contribution in [0.15, 0.2) is 27.4 Å². The molecule has 1 heterocycles. The van der Waals surface area contributed by atoms with Crippen molar-refractivity contribution in [2.75, 3.05) is 6.54 Å². The summed E-state index contributed by atoms with van der Waals surface area (Å²) < 4.78 is 6.85. The molecule has 0 amide bonds. The Morgan fingerprint density at radius 2 is 2.20 bits per heavy atom. The third kappa shape index (κ3) is 2.29. The third-order valence-electron chi connectivity index (χ3n) is 4.49. The number of benzene rings is 1. The molecule has 1 aromatic carbocycles. The molecule has 0 saturated heterocycles. The van der Waals surface area contributed by atoms with E-state index in [1.165, 1.54) is 18.4 Å². The fourth-order valence-corrected chi connectivity index (χ4v) is 3.07. The maximum Gasteiger partial charge on any atom is 0.419 e. The van der Waals surface area contributed by atoms with E-state index >= 15 is 0 Å². The molecule has 1 aromatic heterocycles. The first-order valence-corrected chi connectivity index (χ1v) is 7.44. The van der Waals surface area contributed by atoms with Crippen LogP contribution >= 0.6 is 0 Å². The summed E-state index contributed by atoms with van der Waals surface area (Å²) in [5.74, 6) is 1.15. The van der Waals surface area contributed by atoms with Gasteiger partial charge in [0.05, 0.1) is 5.52 Å². The smallest absolute Gasteiger partial charge is 0.408 e. The topological polar surface area (TPSA) is 47.2 Å². The van der Waals surface area contributed by atoms with Crippen molar-refractivity contribution in [2.24, 2.45) is 18.9 Å². The lowest BCUT2D eigenvalue weighted by Gasteiger charge is -2.25. The van der Waals surface area contributed by atoms with Crippen LogP contribution in [0.5, 0.6) is 0 Å². The number of rotatable bonds is 5. The number of oxazole rings is 1. The Labute approximate surface area is 118 Å². The van der Waals surface area contributed by atoms with Gasteiger partial charge in [0.2, 0.25) is 0 Å². The van der Waals surface area contributed by atoms with Gasteiger partial charge in [-0.25, -0.2) is 4.79 Å². The molecule has 1 aliphatic carbocycles. The molecule has 4 nitrogen and oxygen atoms in total. The van der Waals surface area contributed by atoms with Crippen LogP contribution < -0.4 is 11.1 Å². The van der Waals surface area contributed by atoms with E-state index in [1.807, 2.05) is 12.1 Å². The Bertz CT molecular complexity index is 667. The largest absolute Gasteiger partial charge is 0.419 e. The molecule has 1 aliphatic rings. The van der Waals surface area contributed by atoms with Gasteiger partial charge in [-0.1, -0.05) is 19.9 Å². The Morgan fingerprint density at radius 3 is 2.85 bits per heavy atom. The van der Waals surface area contributed by atoms with E-state index in [1.54, 1.807) is 11.6 Å². The lowest BCUT2D eigenvalue weighted by atomic mass is 9.90. The lowest BCUT2D eigenvalue weighted by Crippen LogP contribution is -2.27. The fourth-order valence-electron chi connectivity index (χ4n) is 3.07. The van der Waals surface area contributed by atoms with Gasteiger partial charge < -0.3 is 9.73 Å². The van der Waals surface area contributed by atoms with Crippen molar-refractivity contribution in [3.05, 3.63) is 34.3 Å². The molecule has 0 bridgehead atoms. The summed E-state index contributed by atoms with van der Waals surface area (Å²) >= 11 is 0. The molecule has 2 unspecified atom stereocenters. The van der Waals surface area contributed by atoms with Crippen molar-refractivity contribution in [3.8, 4) is 0 Å². The first-order valence-electron chi connectivity index (χ1n) is 7.44. The normalized spacial score (nSPS) is 18.4. The maximum absolute atomic E-state index is 11.6. The van der Waals surface area contributed by atoms with Gasteiger partial charge in [0.15, 0.2) is 5.58 Å². The van der Waals surface area contributed by atoms with Crippen molar-refractivity contribution in [2.45, 2.75) is 32.7 Å². The predicted octanol–water partition coefficient (Wildman–Crippen LogP) is 2.83. The molecular weight excluding hydrogens is 252 g/mol. The average molecular weight is 274 g/mol. The maximum atomic E-state index is 11.6. The molecule has 1 saturated carbocycles. The Kier molecular flexibility index (Phi) is 3.42. The zero-order valence-corrected chi connectivity index (χ0v) is 12.3. The zero-order chi connectivity index (χ0) is 14.3. The van der Waals surface area contributed by atoms with Gasteiger partial charge in [0.25, 0.3) is 0 Å². The molecule has 0 radical (unpaired) electrons. The summed E-state index contributed by atoms with van der Waals surface area (Å²) in [6.07, 6.45) is 2.68. The molecule has 0 spiro atoms. The number of aromatic nitrogens is 1. The molecule has 2 aromatic rings. The van der Waals surface area contributed by atoms with Gasteiger partial charge >= 0.3 is 5.76 Å². The number of nitrogens with zero attached hydrogens (tertiary/aromatic N) is 1.